The summed E-state index contributed by atoms with van der Waals surface area (Å²) in [7, 11) is 0. The quantitative estimate of drug-likeness (QED) is 0.923. The summed E-state index contributed by atoms with van der Waals surface area (Å²) in [5, 5.41) is 3.30. The molecule has 1 aliphatic heterocycles. The molecule has 0 bridgehead atoms. The van der Waals surface area contributed by atoms with Crippen LogP contribution in [0.5, 0.6) is 0 Å². The van der Waals surface area contributed by atoms with Crippen LogP contribution in [0.2, 0.25) is 0 Å². The van der Waals surface area contributed by atoms with E-state index in [0.717, 1.165) is 41.8 Å². The molecule has 1 fully saturated rings. The summed E-state index contributed by atoms with van der Waals surface area (Å²) in [6, 6.07) is 5.99. The van der Waals surface area contributed by atoms with Gasteiger partial charge in [0, 0.05) is 30.7 Å². The SMILES string of the molecule is Cc1ccc(Br)cc1[C@H](CF)N1CCNCC1. The van der Waals surface area contributed by atoms with Gasteiger partial charge >= 0.3 is 0 Å². The molecule has 1 N–H and O–H groups in total. The lowest BCUT2D eigenvalue weighted by Gasteiger charge is -2.34. The molecule has 1 atom stereocenters. The van der Waals surface area contributed by atoms with Crippen molar-refractivity contribution in [2.24, 2.45) is 0 Å². The largest absolute Gasteiger partial charge is 0.314 e. The number of hydrogen-bond acceptors (Lipinski definition) is 2. The lowest BCUT2D eigenvalue weighted by Crippen LogP contribution is -2.45. The van der Waals surface area contributed by atoms with Crippen molar-refractivity contribution in [2.75, 3.05) is 32.9 Å². The summed E-state index contributed by atoms with van der Waals surface area (Å²) in [5.41, 5.74) is 2.26. The van der Waals surface area contributed by atoms with E-state index in [1.807, 2.05) is 25.1 Å². The molecular formula is C13H18BrFN2. The minimum atomic E-state index is -0.322. The normalized spacial score (nSPS) is 19.2. The fraction of sp³-hybridized carbons (Fsp3) is 0.538. The van der Waals surface area contributed by atoms with Gasteiger partial charge < -0.3 is 5.32 Å². The monoisotopic (exact) mass is 300 g/mol. The average molecular weight is 301 g/mol. The number of hydrogen-bond donors (Lipinski definition) is 1. The van der Waals surface area contributed by atoms with Crippen molar-refractivity contribution >= 4 is 15.9 Å². The lowest BCUT2D eigenvalue weighted by atomic mass is 10.0. The topological polar surface area (TPSA) is 15.3 Å². The van der Waals surface area contributed by atoms with Crippen LogP contribution in [0.1, 0.15) is 17.2 Å². The Bertz CT molecular complexity index is 378. The molecule has 0 spiro atoms. The predicted octanol–water partition coefficient (Wildman–Crippen LogP) is 2.67. The highest BCUT2D eigenvalue weighted by molar-refractivity contribution is 9.10. The maximum Gasteiger partial charge on any atom is 0.109 e. The zero-order valence-electron chi connectivity index (χ0n) is 10.0. The second-order valence-corrected chi connectivity index (χ2v) is 5.37. The van der Waals surface area contributed by atoms with E-state index in [1.165, 1.54) is 0 Å². The van der Waals surface area contributed by atoms with Crippen molar-refractivity contribution < 1.29 is 4.39 Å². The van der Waals surface area contributed by atoms with E-state index in [-0.39, 0.29) is 12.7 Å². The van der Waals surface area contributed by atoms with Crippen LogP contribution < -0.4 is 5.32 Å². The molecule has 0 unspecified atom stereocenters. The van der Waals surface area contributed by atoms with Crippen LogP contribution >= 0.6 is 15.9 Å². The Morgan fingerprint density at radius 3 is 2.76 bits per heavy atom. The van der Waals surface area contributed by atoms with E-state index >= 15 is 0 Å². The Morgan fingerprint density at radius 2 is 2.12 bits per heavy atom. The molecule has 1 heterocycles. The van der Waals surface area contributed by atoms with E-state index in [9.17, 15) is 4.39 Å². The highest BCUT2D eigenvalue weighted by atomic mass is 79.9. The molecule has 17 heavy (non-hydrogen) atoms. The average Bonchev–Trinajstić information content (AvgIpc) is 2.36. The van der Waals surface area contributed by atoms with Crippen LogP contribution in [-0.2, 0) is 0 Å². The van der Waals surface area contributed by atoms with Gasteiger partial charge in [0.05, 0.1) is 6.04 Å². The zero-order chi connectivity index (χ0) is 12.3. The second kappa shape index (κ2) is 5.94. The van der Waals surface area contributed by atoms with E-state index in [4.69, 9.17) is 0 Å². The summed E-state index contributed by atoms with van der Waals surface area (Å²) in [6.07, 6.45) is 0. The van der Waals surface area contributed by atoms with Crippen molar-refractivity contribution in [3.05, 3.63) is 33.8 Å². The minimum absolute atomic E-state index is 0.102. The van der Waals surface area contributed by atoms with Crippen molar-refractivity contribution in [3.8, 4) is 0 Å². The van der Waals surface area contributed by atoms with Crippen LogP contribution in [0.25, 0.3) is 0 Å². The number of rotatable bonds is 3. The van der Waals surface area contributed by atoms with Crippen LogP contribution in [-0.4, -0.2) is 37.8 Å². The molecule has 0 aromatic heterocycles. The van der Waals surface area contributed by atoms with Crippen molar-refractivity contribution in [1.29, 1.82) is 0 Å². The molecule has 1 aliphatic rings. The fourth-order valence-corrected chi connectivity index (χ4v) is 2.72. The molecule has 1 saturated heterocycles. The molecule has 2 nitrogen and oxygen atoms in total. The second-order valence-electron chi connectivity index (χ2n) is 4.46. The summed E-state index contributed by atoms with van der Waals surface area (Å²) in [5.74, 6) is 0. The Morgan fingerprint density at radius 1 is 1.41 bits per heavy atom. The Hall–Kier alpha value is -0.450. The van der Waals surface area contributed by atoms with Gasteiger partial charge in [-0.05, 0) is 30.2 Å². The molecule has 1 aromatic rings. The third-order valence-electron chi connectivity index (χ3n) is 3.34. The maximum atomic E-state index is 13.4. The number of aryl methyl sites for hydroxylation is 1. The first-order chi connectivity index (χ1) is 8.22. The van der Waals surface area contributed by atoms with Crippen LogP contribution in [0.4, 0.5) is 4.39 Å². The van der Waals surface area contributed by atoms with E-state index < -0.39 is 0 Å². The summed E-state index contributed by atoms with van der Waals surface area (Å²) >= 11 is 3.46. The van der Waals surface area contributed by atoms with Gasteiger partial charge in [-0.2, -0.15) is 0 Å². The molecule has 0 aliphatic carbocycles. The van der Waals surface area contributed by atoms with Gasteiger partial charge in [0.25, 0.3) is 0 Å². The third-order valence-corrected chi connectivity index (χ3v) is 3.83. The number of nitrogens with zero attached hydrogens (tertiary/aromatic N) is 1. The van der Waals surface area contributed by atoms with Crippen LogP contribution in [0, 0.1) is 6.92 Å². The smallest absolute Gasteiger partial charge is 0.109 e. The maximum absolute atomic E-state index is 13.4. The summed E-state index contributed by atoms with van der Waals surface area (Å²) in [6.45, 7) is 5.46. The third kappa shape index (κ3) is 3.06. The first kappa shape index (κ1) is 13.0. The van der Waals surface area contributed by atoms with Crippen molar-refractivity contribution in [3.63, 3.8) is 0 Å². The molecule has 0 saturated carbocycles. The minimum Gasteiger partial charge on any atom is -0.314 e. The first-order valence-corrected chi connectivity index (χ1v) is 6.78. The van der Waals surface area contributed by atoms with Gasteiger partial charge in [0.15, 0.2) is 0 Å². The number of halogens is 2. The van der Waals surface area contributed by atoms with Gasteiger partial charge in [0.1, 0.15) is 6.67 Å². The Labute approximate surface area is 110 Å². The number of alkyl halides is 1. The van der Waals surface area contributed by atoms with Crippen molar-refractivity contribution in [1.82, 2.24) is 10.2 Å². The predicted molar refractivity (Wildman–Crippen MR) is 72.0 cm³/mol. The fourth-order valence-electron chi connectivity index (χ4n) is 2.34. The van der Waals surface area contributed by atoms with Gasteiger partial charge in [-0.1, -0.05) is 22.0 Å². The number of piperazine rings is 1. The molecular weight excluding hydrogens is 283 g/mol. The van der Waals surface area contributed by atoms with Gasteiger partial charge in [0.2, 0.25) is 0 Å². The molecule has 2 rings (SSSR count). The molecule has 1 aromatic carbocycles. The summed E-state index contributed by atoms with van der Waals surface area (Å²) < 4.78 is 14.4. The molecule has 0 radical (unpaired) electrons. The van der Waals surface area contributed by atoms with E-state index in [2.05, 4.69) is 26.1 Å². The van der Waals surface area contributed by atoms with E-state index in [1.54, 1.807) is 0 Å². The Balaban J connectivity index is 2.24. The van der Waals surface area contributed by atoms with E-state index in [0.29, 0.717) is 0 Å². The number of nitrogens with one attached hydrogen (secondary N) is 1. The number of benzene rings is 1. The van der Waals surface area contributed by atoms with Gasteiger partial charge in [-0.15, -0.1) is 0 Å². The summed E-state index contributed by atoms with van der Waals surface area (Å²) in [4.78, 5) is 2.23. The molecule has 0 amide bonds. The lowest BCUT2D eigenvalue weighted by molar-refractivity contribution is 0.147. The van der Waals surface area contributed by atoms with Crippen LogP contribution in [0.15, 0.2) is 22.7 Å². The standard InChI is InChI=1S/C13H18BrFN2/c1-10-2-3-11(14)8-12(10)13(9-15)17-6-4-16-5-7-17/h2-3,8,13,16H,4-7,9H2,1H3/t13-/m0/s1. The van der Waals surface area contributed by atoms with Crippen molar-refractivity contribution in [2.45, 2.75) is 13.0 Å². The van der Waals surface area contributed by atoms with Gasteiger partial charge in [-0.3, -0.25) is 4.90 Å². The van der Waals surface area contributed by atoms with Crippen LogP contribution in [0.3, 0.4) is 0 Å². The first-order valence-electron chi connectivity index (χ1n) is 5.99. The Kier molecular flexibility index (Phi) is 4.54. The highest BCUT2D eigenvalue weighted by Crippen LogP contribution is 2.27. The van der Waals surface area contributed by atoms with Gasteiger partial charge in [-0.25, -0.2) is 4.39 Å². The molecule has 4 heteroatoms. The molecule has 94 valence electrons. The zero-order valence-corrected chi connectivity index (χ0v) is 11.6. The highest BCUT2D eigenvalue weighted by Gasteiger charge is 2.23.